The molecule has 0 saturated carbocycles. The van der Waals surface area contributed by atoms with E-state index in [-0.39, 0.29) is 5.78 Å². The van der Waals surface area contributed by atoms with Crippen molar-refractivity contribution in [2.24, 2.45) is 5.41 Å². The molecular weight excluding hydrogens is 376 g/mol. The minimum atomic E-state index is -0.475. The van der Waals surface area contributed by atoms with Crippen LogP contribution in [0.15, 0.2) is 25.5 Å². The Balaban J connectivity index is 2.67. The highest BCUT2D eigenvalue weighted by atomic mass is 79.9. The smallest absolute Gasteiger partial charge is 0.203 e. The number of benzene rings is 1. The number of Topliss-reactive ketones (excluding diaryl/α,β-unsaturated/α-hetero) is 1. The fourth-order valence-electron chi connectivity index (χ4n) is 1.74. The van der Waals surface area contributed by atoms with E-state index in [0.717, 1.165) is 14.3 Å². The van der Waals surface area contributed by atoms with Gasteiger partial charge in [0.05, 0.1) is 16.1 Å². The molecule has 0 fully saturated rings. The van der Waals surface area contributed by atoms with Crippen molar-refractivity contribution in [1.82, 2.24) is 0 Å². The van der Waals surface area contributed by atoms with E-state index < -0.39 is 5.41 Å². The minimum Gasteiger partial charge on any atom is -0.496 e. The highest BCUT2D eigenvalue weighted by Crippen LogP contribution is 2.40. The van der Waals surface area contributed by atoms with E-state index in [9.17, 15) is 4.79 Å². The van der Waals surface area contributed by atoms with E-state index in [2.05, 4.69) is 31.9 Å². The summed E-state index contributed by atoms with van der Waals surface area (Å²) in [6.07, 6.45) is 0. The molecule has 0 bridgehead atoms. The summed E-state index contributed by atoms with van der Waals surface area (Å²) in [6.45, 7) is 5.60. The second kappa shape index (κ2) is 4.94. The normalized spacial score (nSPS) is 11.9. The summed E-state index contributed by atoms with van der Waals surface area (Å²) in [5.41, 5.74) is 0.164. The summed E-state index contributed by atoms with van der Waals surface area (Å²) in [5.74, 6) is 1.02. The zero-order valence-corrected chi connectivity index (χ0v) is 14.3. The summed E-state index contributed by atoms with van der Waals surface area (Å²) in [5, 5.41) is 0.818. The first-order chi connectivity index (χ1) is 8.75. The fraction of sp³-hybridized carbons (Fsp3) is 0.357. The summed E-state index contributed by atoms with van der Waals surface area (Å²) in [4.78, 5) is 12.3. The summed E-state index contributed by atoms with van der Waals surface area (Å²) < 4.78 is 12.5. The summed E-state index contributed by atoms with van der Waals surface area (Å²) in [6, 6.07) is 3.56. The van der Waals surface area contributed by atoms with Crippen LogP contribution in [0.3, 0.4) is 0 Å². The Morgan fingerprint density at radius 3 is 2.42 bits per heavy atom. The fourth-order valence-corrected chi connectivity index (χ4v) is 2.81. The molecule has 0 N–H and O–H groups in total. The zero-order valence-electron chi connectivity index (χ0n) is 11.1. The summed E-state index contributed by atoms with van der Waals surface area (Å²) in [7, 11) is 1.60. The maximum Gasteiger partial charge on any atom is 0.203 e. The predicted molar refractivity (Wildman–Crippen MR) is 82.0 cm³/mol. The number of carbonyl (C=O) groups excluding carboxylic acids is 1. The van der Waals surface area contributed by atoms with Gasteiger partial charge >= 0.3 is 0 Å². The second-order valence-electron chi connectivity index (χ2n) is 5.31. The molecule has 0 amide bonds. The highest BCUT2D eigenvalue weighted by molar-refractivity contribution is 9.11. The average Bonchev–Trinajstić information content (AvgIpc) is 2.77. The van der Waals surface area contributed by atoms with Gasteiger partial charge < -0.3 is 9.15 Å². The molecule has 102 valence electrons. The van der Waals surface area contributed by atoms with Crippen LogP contribution < -0.4 is 4.74 Å². The number of hydrogen-bond acceptors (Lipinski definition) is 3. The van der Waals surface area contributed by atoms with Crippen LogP contribution in [0.1, 0.15) is 31.3 Å². The van der Waals surface area contributed by atoms with Crippen molar-refractivity contribution in [3.63, 3.8) is 0 Å². The largest absolute Gasteiger partial charge is 0.496 e. The monoisotopic (exact) mass is 388 g/mol. The van der Waals surface area contributed by atoms with Gasteiger partial charge in [-0.2, -0.15) is 0 Å². The van der Waals surface area contributed by atoms with Crippen molar-refractivity contribution in [3.05, 3.63) is 26.8 Å². The predicted octanol–water partition coefficient (Wildman–Crippen LogP) is 5.20. The van der Waals surface area contributed by atoms with Crippen LogP contribution >= 0.6 is 31.9 Å². The first-order valence-corrected chi connectivity index (χ1v) is 7.34. The SMILES string of the molecule is COc1cc(Br)c2oc(C(=O)C(C)(C)C)cc2c1Br. The molecule has 0 unspecified atom stereocenters. The number of carbonyl (C=O) groups is 1. The third kappa shape index (κ3) is 2.58. The van der Waals surface area contributed by atoms with Crippen molar-refractivity contribution in [3.8, 4) is 5.75 Å². The van der Waals surface area contributed by atoms with Crippen molar-refractivity contribution in [1.29, 1.82) is 0 Å². The van der Waals surface area contributed by atoms with Crippen LogP contribution in [0.25, 0.3) is 11.0 Å². The van der Waals surface area contributed by atoms with Crippen molar-refractivity contribution in [2.45, 2.75) is 20.8 Å². The van der Waals surface area contributed by atoms with Crippen LogP contribution in [0.4, 0.5) is 0 Å². The van der Waals surface area contributed by atoms with Crippen molar-refractivity contribution >= 4 is 48.6 Å². The molecule has 2 rings (SSSR count). The molecule has 0 spiro atoms. The highest BCUT2D eigenvalue weighted by Gasteiger charge is 2.27. The van der Waals surface area contributed by atoms with Gasteiger partial charge in [-0.1, -0.05) is 20.8 Å². The molecule has 1 heterocycles. The third-order valence-electron chi connectivity index (χ3n) is 2.78. The van der Waals surface area contributed by atoms with E-state index in [1.165, 1.54) is 0 Å². The number of hydrogen-bond donors (Lipinski definition) is 0. The van der Waals surface area contributed by atoms with Crippen molar-refractivity contribution < 1.29 is 13.9 Å². The van der Waals surface area contributed by atoms with Crippen LogP contribution in [-0.2, 0) is 0 Å². The van der Waals surface area contributed by atoms with Crippen LogP contribution in [0.2, 0.25) is 0 Å². The zero-order chi connectivity index (χ0) is 14.4. The van der Waals surface area contributed by atoms with Gasteiger partial charge in [0.15, 0.2) is 11.3 Å². The Bertz CT molecular complexity index is 651. The molecule has 0 aliphatic heterocycles. The topological polar surface area (TPSA) is 39.4 Å². The Morgan fingerprint density at radius 1 is 1.26 bits per heavy atom. The average molecular weight is 390 g/mol. The van der Waals surface area contributed by atoms with E-state index in [0.29, 0.717) is 17.1 Å². The molecular formula is C14H14Br2O3. The lowest BCUT2D eigenvalue weighted by molar-refractivity contribution is 0.0831. The van der Waals surface area contributed by atoms with Crippen LogP contribution in [0, 0.1) is 5.41 Å². The number of ketones is 1. The lowest BCUT2D eigenvalue weighted by atomic mass is 9.89. The second-order valence-corrected chi connectivity index (χ2v) is 6.95. The lowest BCUT2D eigenvalue weighted by Crippen LogP contribution is -2.19. The first-order valence-electron chi connectivity index (χ1n) is 5.76. The number of ether oxygens (including phenoxy) is 1. The first kappa shape index (κ1) is 14.6. The van der Waals surface area contributed by atoms with Gasteiger partial charge in [-0.15, -0.1) is 0 Å². The van der Waals surface area contributed by atoms with Crippen LogP contribution in [-0.4, -0.2) is 12.9 Å². The number of furan rings is 1. The lowest BCUT2D eigenvalue weighted by Gasteiger charge is -2.13. The molecule has 2 aromatic rings. The van der Waals surface area contributed by atoms with Crippen molar-refractivity contribution in [2.75, 3.05) is 7.11 Å². The van der Waals surface area contributed by atoms with E-state index in [4.69, 9.17) is 9.15 Å². The number of rotatable bonds is 2. The van der Waals surface area contributed by atoms with Gasteiger partial charge in [0.2, 0.25) is 5.78 Å². The molecule has 0 atom stereocenters. The van der Waals surface area contributed by atoms with Crippen LogP contribution in [0.5, 0.6) is 5.75 Å². The van der Waals surface area contributed by atoms with Gasteiger partial charge in [0.25, 0.3) is 0 Å². The van der Waals surface area contributed by atoms with E-state index in [1.54, 1.807) is 19.2 Å². The number of methoxy groups -OCH3 is 1. The Kier molecular flexibility index (Phi) is 3.80. The molecule has 5 heteroatoms. The third-order valence-corrected chi connectivity index (χ3v) is 4.19. The molecule has 0 saturated heterocycles. The molecule has 1 aromatic carbocycles. The molecule has 0 aliphatic rings. The summed E-state index contributed by atoms with van der Waals surface area (Å²) >= 11 is 6.90. The van der Waals surface area contributed by atoms with Gasteiger partial charge in [-0.05, 0) is 44.0 Å². The minimum absolute atomic E-state index is 0.0264. The maximum atomic E-state index is 12.3. The quantitative estimate of drug-likeness (QED) is 0.663. The Hall–Kier alpha value is -0.810. The molecule has 0 aliphatic carbocycles. The Morgan fingerprint density at radius 2 is 1.89 bits per heavy atom. The van der Waals surface area contributed by atoms with Gasteiger partial charge in [-0.3, -0.25) is 4.79 Å². The van der Waals surface area contributed by atoms with Gasteiger partial charge in [-0.25, -0.2) is 0 Å². The molecule has 1 aromatic heterocycles. The van der Waals surface area contributed by atoms with E-state index in [1.807, 2.05) is 20.8 Å². The standard InChI is InChI=1S/C14H14Br2O3/c1-14(2,3)13(17)10-5-7-11(16)9(18-4)6-8(15)12(7)19-10/h5-6H,1-4H3. The van der Waals surface area contributed by atoms with Gasteiger partial charge in [0, 0.05) is 10.8 Å². The van der Waals surface area contributed by atoms with Gasteiger partial charge in [0.1, 0.15) is 5.75 Å². The molecule has 19 heavy (non-hydrogen) atoms. The Labute approximate surface area is 128 Å². The van der Waals surface area contributed by atoms with E-state index >= 15 is 0 Å². The molecule has 3 nitrogen and oxygen atoms in total. The maximum absolute atomic E-state index is 12.3. The molecule has 0 radical (unpaired) electrons. The number of fused-ring (bicyclic) bond motifs is 1. The number of halogens is 2.